The Kier molecular flexibility index (Phi) is 2.74. The average molecular weight is 161 g/mol. The number of carbonyl (C=O) groups is 1. The normalized spacial score (nSPS) is 8.25. The molecule has 0 saturated heterocycles. The first kappa shape index (κ1) is 8.15. The van der Waals surface area contributed by atoms with Gasteiger partial charge in [0.05, 0.1) is 0 Å². The highest BCUT2D eigenvalue weighted by Gasteiger charge is 1.98. The second-order valence-electron chi connectivity index (χ2n) is 2.00. The Morgan fingerprint density at radius 3 is 2.67 bits per heavy atom. The minimum Gasteiger partial charge on any atom is -0.356 e. The van der Waals surface area contributed by atoms with E-state index in [-0.39, 0.29) is 0 Å². The Balaban J connectivity index is 2.54. The number of terminal acetylenes is 1. The van der Waals surface area contributed by atoms with E-state index in [1.54, 1.807) is 30.4 Å². The molecule has 1 rings (SSSR count). The monoisotopic (exact) mass is 161 g/mol. The molecule has 0 bridgehead atoms. The summed E-state index contributed by atoms with van der Waals surface area (Å²) in [6, 6.07) is 8.91. The van der Waals surface area contributed by atoms with E-state index in [4.69, 9.17) is 6.42 Å². The van der Waals surface area contributed by atoms with Crippen LogP contribution in [0.2, 0.25) is 0 Å². The lowest BCUT2D eigenvalue weighted by atomic mass is 10.3. The minimum atomic E-state index is -0.649. The third kappa shape index (κ3) is 2.35. The van der Waals surface area contributed by atoms with Gasteiger partial charge in [0.25, 0.3) is 0 Å². The van der Waals surface area contributed by atoms with Crippen molar-refractivity contribution in [2.24, 2.45) is 0 Å². The highest BCUT2D eigenvalue weighted by Crippen LogP contribution is 2.04. The van der Waals surface area contributed by atoms with E-state index in [1.165, 1.54) is 0 Å². The zero-order valence-electron chi connectivity index (χ0n) is 6.28. The smallest absolute Gasteiger partial charge is 0.356 e. The van der Waals surface area contributed by atoms with Crippen LogP contribution in [-0.4, -0.2) is 6.09 Å². The molecule has 0 aromatic heterocycles. The van der Waals surface area contributed by atoms with Crippen molar-refractivity contribution in [1.29, 1.82) is 0 Å². The van der Waals surface area contributed by atoms with Crippen molar-refractivity contribution in [3.05, 3.63) is 30.3 Å². The molecule has 3 nitrogen and oxygen atoms in total. The molecule has 0 unspecified atom stereocenters. The van der Waals surface area contributed by atoms with Crippen LogP contribution in [-0.2, 0) is 4.74 Å². The van der Waals surface area contributed by atoms with Crippen molar-refractivity contribution in [3.8, 4) is 12.5 Å². The Morgan fingerprint density at radius 2 is 2.08 bits per heavy atom. The molecule has 0 aliphatic heterocycles. The number of hydrogen-bond donors (Lipinski definition) is 1. The predicted octanol–water partition coefficient (Wildman–Crippen LogP) is 1.83. The molecule has 0 radical (unpaired) electrons. The van der Waals surface area contributed by atoms with Gasteiger partial charge < -0.3 is 4.74 Å². The molecular formula is C9H7NO2. The van der Waals surface area contributed by atoms with Crippen LogP contribution in [0.4, 0.5) is 10.5 Å². The van der Waals surface area contributed by atoms with Crippen LogP contribution >= 0.6 is 0 Å². The maximum absolute atomic E-state index is 10.7. The van der Waals surface area contributed by atoms with E-state index < -0.39 is 6.09 Å². The number of anilines is 1. The number of ether oxygens (including phenoxy) is 1. The highest BCUT2D eigenvalue weighted by molar-refractivity contribution is 5.85. The lowest BCUT2D eigenvalue weighted by Crippen LogP contribution is -2.10. The van der Waals surface area contributed by atoms with Crippen molar-refractivity contribution in [1.82, 2.24) is 0 Å². The van der Waals surface area contributed by atoms with Gasteiger partial charge in [0.15, 0.2) is 0 Å². The number of para-hydroxylation sites is 1. The summed E-state index contributed by atoms with van der Waals surface area (Å²) in [5.41, 5.74) is 0.651. The van der Waals surface area contributed by atoms with Crippen LogP contribution in [0.3, 0.4) is 0 Å². The van der Waals surface area contributed by atoms with Gasteiger partial charge in [-0.1, -0.05) is 24.6 Å². The molecule has 1 amide bonds. The summed E-state index contributed by atoms with van der Waals surface area (Å²) in [6.45, 7) is 0. The van der Waals surface area contributed by atoms with Gasteiger partial charge >= 0.3 is 6.09 Å². The fraction of sp³-hybridized carbons (Fsp3) is 0. The zero-order chi connectivity index (χ0) is 8.81. The van der Waals surface area contributed by atoms with Gasteiger partial charge in [0, 0.05) is 5.69 Å². The summed E-state index contributed by atoms with van der Waals surface area (Å²) < 4.78 is 4.22. The number of amides is 1. The molecule has 60 valence electrons. The first-order valence-electron chi connectivity index (χ1n) is 3.31. The van der Waals surface area contributed by atoms with Gasteiger partial charge in [-0.25, -0.2) is 4.79 Å². The van der Waals surface area contributed by atoms with Crippen molar-refractivity contribution in [2.75, 3.05) is 5.32 Å². The molecule has 1 aromatic rings. The standard InChI is InChI=1S/C9H7NO2/c1-2-12-9(11)10-8-6-4-3-5-7-8/h1,3-7H,(H,10,11). The van der Waals surface area contributed by atoms with Crippen LogP contribution in [0.5, 0.6) is 0 Å². The van der Waals surface area contributed by atoms with Crippen molar-refractivity contribution in [3.63, 3.8) is 0 Å². The van der Waals surface area contributed by atoms with Gasteiger partial charge in [-0.2, -0.15) is 0 Å². The Hall–Kier alpha value is -1.95. The average Bonchev–Trinajstić information content (AvgIpc) is 2.06. The summed E-state index contributed by atoms with van der Waals surface area (Å²) in [6.07, 6.45) is 5.88. The highest BCUT2D eigenvalue weighted by atomic mass is 16.5. The predicted molar refractivity (Wildman–Crippen MR) is 45.4 cm³/mol. The fourth-order valence-electron chi connectivity index (χ4n) is 0.718. The summed E-state index contributed by atoms with van der Waals surface area (Å²) in [5.74, 6) is 0. The number of nitrogens with one attached hydrogen (secondary N) is 1. The summed E-state index contributed by atoms with van der Waals surface area (Å²) in [4.78, 5) is 10.7. The van der Waals surface area contributed by atoms with Gasteiger partial charge in [-0.3, -0.25) is 5.32 Å². The van der Waals surface area contributed by atoms with Gasteiger partial charge in [-0.05, 0) is 12.1 Å². The van der Waals surface area contributed by atoms with Crippen molar-refractivity contribution < 1.29 is 9.53 Å². The van der Waals surface area contributed by atoms with Crippen molar-refractivity contribution >= 4 is 11.8 Å². The van der Waals surface area contributed by atoms with E-state index in [0.717, 1.165) is 0 Å². The Labute approximate surface area is 70.4 Å². The number of benzene rings is 1. The maximum atomic E-state index is 10.7. The Morgan fingerprint density at radius 1 is 1.42 bits per heavy atom. The first-order chi connectivity index (χ1) is 5.83. The Bertz CT molecular complexity index is 300. The summed E-state index contributed by atoms with van der Waals surface area (Å²) >= 11 is 0. The van der Waals surface area contributed by atoms with E-state index in [2.05, 4.69) is 10.1 Å². The van der Waals surface area contributed by atoms with Gasteiger partial charge in [0.1, 0.15) is 6.11 Å². The molecule has 0 saturated carbocycles. The topological polar surface area (TPSA) is 38.3 Å². The molecular weight excluding hydrogens is 154 g/mol. The molecule has 0 heterocycles. The van der Waals surface area contributed by atoms with Crippen LogP contribution in [0.25, 0.3) is 0 Å². The minimum absolute atomic E-state index is 0.649. The first-order valence-corrected chi connectivity index (χ1v) is 3.31. The molecule has 0 atom stereocenters. The molecule has 0 aliphatic carbocycles. The fourth-order valence-corrected chi connectivity index (χ4v) is 0.718. The lowest BCUT2D eigenvalue weighted by molar-refractivity contribution is 0.207. The molecule has 0 fully saturated rings. The zero-order valence-corrected chi connectivity index (χ0v) is 6.28. The van der Waals surface area contributed by atoms with Crippen LogP contribution in [0.15, 0.2) is 30.3 Å². The number of rotatable bonds is 1. The second kappa shape index (κ2) is 4.04. The lowest BCUT2D eigenvalue weighted by Gasteiger charge is -1.99. The molecule has 1 N–H and O–H groups in total. The van der Waals surface area contributed by atoms with E-state index >= 15 is 0 Å². The molecule has 1 aromatic carbocycles. The van der Waals surface area contributed by atoms with Gasteiger partial charge in [0.2, 0.25) is 0 Å². The molecule has 0 spiro atoms. The quantitative estimate of drug-likeness (QED) is 0.638. The third-order valence-corrected chi connectivity index (χ3v) is 1.17. The number of hydrogen-bond acceptors (Lipinski definition) is 2. The summed E-state index contributed by atoms with van der Waals surface area (Å²) in [7, 11) is 0. The molecule has 0 aliphatic rings. The molecule has 12 heavy (non-hydrogen) atoms. The van der Waals surface area contributed by atoms with E-state index in [1.807, 2.05) is 6.07 Å². The van der Waals surface area contributed by atoms with Crippen LogP contribution in [0.1, 0.15) is 0 Å². The SMILES string of the molecule is C#COC(=O)Nc1ccccc1. The van der Waals surface area contributed by atoms with Gasteiger partial charge in [-0.15, -0.1) is 0 Å². The summed E-state index contributed by atoms with van der Waals surface area (Å²) in [5, 5.41) is 2.44. The second-order valence-corrected chi connectivity index (χ2v) is 2.00. The third-order valence-electron chi connectivity index (χ3n) is 1.17. The largest absolute Gasteiger partial charge is 0.425 e. The maximum Gasteiger partial charge on any atom is 0.425 e. The van der Waals surface area contributed by atoms with Crippen LogP contribution < -0.4 is 5.32 Å². The van der Waals surface area contributed by atoms with E-state index in [9.17, 15) is 4.79 Å². The number of carbonyl (C=O) groups excluding carboxylic acids is 1. The van der Waals surface area contributed by atoms with Crippen molar-refractivity contribution in [2.45, 2.75) is 0 Å². The molecule has 3 heteroatoms. The van der Waals surface area contributed by atoms with E-state index in [0.29, 0.717) is 5.69 Å². The van der Waals surface area contributed by atoms with Crippen LogP contribution in [0, 0.1) is 12.5 Å².